The number of pyridine rings is 1. The van der Waals surface area contributed by atoms with Gasteiger partial charge in [-0.3, -0.25) is 4.98 Å². The van der Waals surface area contributed by atoms with Crippen molar-refractivity contribution in [3.63, 3.8) is 0 Å². The van der Waals surface area contributed by atoms with Crippen LogP contribution in [0.1, 0.15) is 31.7 Å². The molecule has 2 aromatic rings. The van der Waals surface area contributed by atoms with E-state index in [1.807, 2.05) is 18.3 Å². The molecule has 0 saturated carbocycles. The number of aromatic nitrogens is 1. The zero-order chi connectivity index (χ0) is 16.0. The van der Waals surface area contributed by atoms with Gasteiger partial charge >= 0.3 is 6.36 Å². The number of benzene rings is 1. The fraction of sp³-hybridized carbons (Fsp3) is 0.353. The first-order valence-corrected chi connectivity index (χ1v) is 7.29. The third-order valence-electron chi connectivity index (χ3n) is 3.28. The summed E-state index contributed by atoms with van der Waals surface area (Å²) in [5.74, 6) is -0.229. The molecule has 0 spiro atoms. The monoisotopic (exact) mass is 309 g/mol. The van der Waals surface area contributed by atoms with Crippen LogP contribution in [0.15, 0.2) is 42.6 Å². The smallest absolute Gasteiger partial charge is 0.406 e. The molecule has 0 radical (unpaired) electrons. The highest BCUT2D eigenvalue weighted by molar-refractivity contribution is 5.60. The van der Waals surface area contributed by atoms with Crippen LogP contribution in [-0.2, 0) is 6.42 Å². The van der Waals surface area contributed by atoms with E-state index >= 15 is 0 Å². The number of alkyl halides is 3. The van der Waals surface area contributed by atoms with Gasteiger partial charge in [0.05, 0.1) is 5.69 Å². The van der Waals surface area contributed by atoms with Crippen LogP contribution >= 0.6 is 0 Å². The lowest BCUT2D eigenvalue weighted by Crippen LogP contribution is -2.16. The molecule has 0 aliphatic heterocycles. The third kappa shape index (κ3) is 5.06. The van der Waals surface area contributed by atoms with Gasteiger partial charge in [-0.2, -0.15) is 0 Å². The Balaban J connectivity index is 2.02. The minimum Gasteiger partial charge on any atom is -0.406 e. The number of unbranched alkanes of at least 4 members (excludes halogenated alkanes) is 2. The van der Waals surface area contributed by atoms with Crippen LogP contribution in [0.25, 0.3) is 11.3 Å². The Kier molecular flexibility index (Phi) is 5.41. The van der Waals surface area contributed by atoms with Gasteiger partial charge < -0.3 is 4.74 Å². The van der Waals surface area contributed by atoms with Gasteiger partial charge in [-0.25, -0.2) is 0 Å². The Morgan fingerprint density at radius 1 is 1.00 bits per heavy atom. The van der Waals surface area contributed by atoms with E-state index in [-0.39, 0.29) is 5.75 Å². The van der Waals surface area contributed by atoms with Crippen LogP contribution in [0.5, 0.6) is 5.75 Å². The van der Waals surface area contributed by atoms with E-state index in [0.717, 1.165) is 24.1 Å². The van der Waals surface area contributed by atoms with E-state index in [1.54, 1.807) is 12.1 Å². The van der Waals surface area contributed by atoms with Gasteiger partial charge in [-0.05, 0) is 48.7 Å². The number of nitrogens with zero attached hydrogens (tertiary/aromatic N) is 1. The highest BCUT2D eigenvalue weighted by atomic mass is 19.4. The van der Waals surface area contributed by atoms with Crippen molar-refractivity contribution in [1.29, 1.82) is 0 Å². The number of hydrogen-bond donors (Lipinski definition) is 0. The van der Waals surface area contributed by atoms with Gasteiger partial charge in [0.1, 0.15) is 5.75 Å². The van der Waals surface area contributed by atoms with Crippen molar-refractivity contribution in [2.45, 2.75) is 39.0 Å². The molecule has 1 aromatic heterocycles. The SMILES string of the molecule is CCCCCc1ccc(-c2ccc(OC(F)(F)F)cc2)nc1. The number of rotatable bonds is 6. The second-order valence-electron chi connectivity index (χ2n) is 5.08. The lowest BCUT2D eigenvalue weighted by molar-refractivity contribution is -0.274. The molecule has 0 fully saturated rings. The highest BCUT2D eigenvalue weighted by Gasteiger charge is 2.30. The fourth-order valence-electron chi connectivity index (χ4n) is 2.15. The van der Waals surface area contributed by atoms with Crippen molar-refractivity contribution in [2.24, 2.45) is 0 Å². The van der Waals surface area contributed by atoms with Crippen LogP contribution in [0.2, 0.25) is 0 Å². The molecule has 0 unspecified atom stereocenters. The van der Waals surface area contributed by atoms with E-state index in [1.165, 1.54) is 30.5 Å². The molecule has 22 heavy (non-hydrogen) atoms. The van der Waals surface area contributed by atoms with Gasteiger partial charge in [-0.1, -0.05) is 25.8 Å². The van der Waals surface area contributed by atoms with Crippen molar-refractivity contribution in [2.75, 3.05) is 0 Å². The van der Waals surface area contributed by atoms with Crippen molar-refractivity contribution in [1.82, 2.24) is 4.98 Å². The average molecular weight is 309 g/mol. The summed E-state index contributed by atoms with van der Waals surface area (Å²) in [5, 5.41) is 0. The van der Waals surface area contributed by atoms with Crippen molar-refractivity contribution < 1.29 is 17.9 Å². The molecule has 1 aromatic carbocycles. The molecule has 118 valence electrons. The highest BCUT2D eigenvalue weighted by Crippen LogP contribution is 2.25. The quantitative estimate of drug-likeness (QED) is 0.668. The second-order valence-corrected chi connectivity index (χ2v) is 5.08. The minimum atomic E-state index is -4.67. The van der Waals surface area contributed by atoms with Crippen molar-refractivity contribution in [3.05, 3.63) is 48.2 Å². The molecule has 0 aliphatic carbocycles. The van der Waals surface area contributed by atoms with Crippen molar-refractivity contribution in [3.8, 4) is 17.0 Å². The van der Waals surface area contributed by atoms with E-state index in [9.17, 15) is 13.2 Å². The standard InChI is InChI=1S/C17H18F3NO/c1-2-3-4-5-13-6-11-16(21-12-13)14-7-9-15(10-8-14)22-17(18,19)20/h6-12H,2-5H2,1H3. The summed E-state index contributed by atoms with van der Waals surface area (Å²) >= 11 is 0. The van der Waals surface area contributed by atoms with Crippen LogP contribution in [0.3, 0.4) is 0 Å². The Hall–Kier alpha value is -2.04. The lowest BCUT2D eigenvalue weighted by Gasteiger charge is -2.09. The Labute approximate surface area is 128 Å². The molecule has 2 nitrogen and oxygen atoms in total. The largest absolute Gasteiger partial charge is 0.573 e. The fourth-order valence-corrected chi connectivity index (χ4v) is 2.15. The van der Waals surface area contributed by atoms with Crippen LogP contribution in [-0.4, -0.2) is 11.3 Å². The number of ether oxygens (including phenoxy) is 1. The van der Waals surface area contributed by atoms with Crippen LogP contribution in [0, 0.1) is 0 Å². The van der Waals surface area contributed by atoms with E-state index in [4.69, 9.17) is 0 Å². The van der Waals surface area contributed by atoms with Gasteiger partial charge in [0.15, 0.2) is 0 Å². The molecular formula is C17H18F3NO. The summed E-state index contributed by atoms with van der Waals surface area (Å²) in [7, 11) is 0. The summed E-state index contributed by atoms with van der Waals surface area (Å²) in [4.78, 5) is 4.37. The molecule has 1 heterocycles. The summed E-state index contributed by atoms with van der Waals surface area (Å²) in [6.07, 6.45) is 1.67. The van der Waals surface area contributed by atoms with Gasteiger partial charge in [0, 0.05) is 11.8 Å². The van der Waals surface area contributed by atoms with Gasteiger partial charge in [-0.15, -0.1) is 13.2 Å². The Morgan fingerprint density at radius 2 is 1.73 bits per heavy atom. The molecule has 0 N–H and O–H groups in total. The number of aryl methyl sites for hydroxylation is 1. The van der Waals surface area contributed by atoms with E-state index in [0.29, 0.717) is 0 Å². The van der Waals surface area contributed by atoms with E-state index < -0.39 is 6.36 Å². The number of halogens is 3. The molecule has 0 saturated heterocycles. The number of hydrogen-bond acceptors (Lipinski definition) is 2. The molecule has 0 atom stereocenters. The first-order valence-electron chi connectivity index (χ1n) is 7.29. The maximum absolute atomic E-state index is 12.1. The van der Waals surface area contributed by atoms with Gasteiger partial charge in [0.25, 0.3) is 0 Å². The normalized spacial score (nSPS) is 11.5. The zero-order valence-electron chi connectivity index (χ0n) is 12.4. The summed E-state index contributed by atoms with van der Waals surface area (Å²) in [5.41, 5.74) is 2.67. The first kappa shape index (κ1) is 16.3. The van der Waals surface area contributed by atoms with E-state index in [2.05, 4.69) is 16.6 Å². The average Bonchev–Trinajstić information content (AvgIpc) is 2.48. The molecule has 0 amide bonds. The lowest BCUT2D eigenvalue weighted by atomic mass is 10.1. The summed E-state index contributed by atoms with van der Waals surface area (Å²) in [6.45, 7) is 2.16. The predicted octanol–water partition coefficient (Wildman–Crippen LogP) is 5.38. The Morgan fingerprint density at radius 3 is 2.27 bits per heavy atom. The summed E-state index contributed by atoms with van der Waals surface area (Å²) in [6, 6.07) is 9.62. The maximum atomic E-state index is 12.1. The molecular weight excluding hydrogens is 291 g/mol. The molecule has 5 heteroatoms. The molecule has 2 rings (SSSR count). The maximum Gasteiger partial charge on any atom is 0.573 e. The Bertz CT molecular complexity index is 576. The minimum absolute atomic E-state index is 0.229. The predicted molar refractivity (Wildman–Crippen MR) is 79.6 cm³/mol. The third-order valence-corrected chi connectivity index (χ3v) is 3.28. The first-order chi connectivity index (χ1) is 10.5. The van der Waals surface area contributed by atoms with Crippen LogP contribution < -0.4 is 4.74 Å². The van der Waals surface area contributed by atoms with Crippen LogP contribution in [0.4, 0.5) is 13.2 Å². The van der Waals surface area contributed by atoms with Gasteiger partial charge in [0.2, 0.25) is 0 Å². The second kappa shape index (κ2) is 7.29. The topological polar surface area (TPSA) is 22.1 Å². The molecule has 0 bridgehead atoms. The summed E-state index contributed by atoms with van der Waals surface area (Å²) < 4.78 is 40.2. The molecule has 0 aliphatic rings. The zero-order valence-corrected chi connectivity index (χ0v) is 12.4. The van der Waals surface area contributed by atoms with Crippen molar-refractivity contribution >= 4 is 0 Å².